The van der Waals surface area contributed by atoms with Crippen LogP contribution in [0.2, 0.25) is 0 Å². The quantitative estimate of drug-likeness (QED) is 0.834. The molecule has 0 unspecified atom stereocenters. The van der Waals surface area contributed by atoms with Crippen LogP contribution in [0, 0.1) is 0 Å². The molecule has 0 atom stereocenters. The maximum Gasteiger partial charge on any atom is 0.264 e. The summed E-state index contributed by atoms with van der Waals surface area (Å²) in [5, 5.41) is 0. The number of anilines is 1. The van der Waals surface area contributed by atoms with Crippen molar-refractivity contribution in [3.8, 4) is 5.75 Å². The molecule has 0 spiro atoms. The van der Waals surface area contributed by atoms with Crippen LogP contribution in [0.25, 0.3) is 0 Å². The molecule has 0 radical (unpaired) electrons. The van der Waals surface area contributed by atoms with Crippen LogP contribution in [0.5, 0.6) is 5.75 Å². The highest BCUT2D eigenvalue weighted by atomic mass is 16.5. The van der Waals surface area contributed by atoms with Crippen LogP contribution in [-0.2, 0) is 4.79 Å². The monoisotopic (exact) mass is 283 g/mol. The van der Waals surface area contributed by atoms with Crippen LogP contribution >= 0.6 is 0 Å². The minimum Gasteiger partial charge on any atom is -0.484 e. The standard InChI is InChI=1S/C18H21NO2/c1-14(2)15-9-11-17(12-10-15)21-13-18(20)19(3)16-7-5-4-6-8-16/h4-12,14H,13H2,1-3H3. The Balaban J connectivity index is 1.92. The van der Waals surface area contributed by atoms with Gasteiger partial charge in [0.2, 0.25) is 0 Å². The predicted molar refractivity (Wildman–Crippen MR) is 85.9 cm³/mol. The molecular weight excluding hydrogens is 262 g/mol. The van der Waals surface area contributed by atoms with Gasteiger partial charge in [-0.15, -0.1) is 0 Å². The van der Waals surface area contributed by atoms with Gasteiger partial charge in [-0.25, -0.2) is 0 Å². The summed E-state index contributed by atoms with van der Waals surface area (Å²) in [5.41, 5.74) is 2.12. The third kappa shape index (κ3) is 4.09. The molecule has 1 amide bonds. The lowest BCUT2D eigenvalue weighted by molar-refractivity contribution is -0.120. The molecule has 0 bridgehead atoms. The van der Waals surface area contributed by atoms with Gasteiger partial charge in [0.15, 0.2) is 6.61 Å². The summed E-state index contributed by atoms with van der Waals surface area (Å²) in [6, 6.07) is 17.4. The fourth-order valence-corrected chi connectivity index (χ4v) is 1.99. The molecule has 0 aliphatic carbocycles. The third-order valence-electron chi connectivity index (χ3n) is 3.43. The lowest BCUT2D eigenvalue weighted by Crippen LogP contribution is -2.31. The van der Waals surface area contributed by atoms with E-state index in [4.69, 9.17) is 4.74 Å². The summed E-state index contributed by atoms with van der Waals surface area (Å²) in [6.07, 6.45) is 0. The first-order chi connectivity index (χ1) is 10.1. The van der Waals surface area contributed by atoms with Gasteiger partial charge in [0, 0.05) is 12.7 Å². The Labute approximate surface area is 126 Å². The lowest BCUT2D eigenvalue weighted by Gasteiger charge is -2.17. The van der Waals surface area contributed by atoms with Gasteiger partial charge in [-0.2, -0.15) is 0 Å². The fraction of sp³-hybridized carbons (Fsp3) is 0.278. The molecule has 2 aromatic carbocycles. The SMILES string of the molecule is CC(C)c1ccc(OCC(=O)N(C)c2ccccc2)cc1. The smallest absolute Gasteiger partial charge is 0.264 e. The molecule has 0 aliphatic rings. The summed E-state index contributed by atoms with van der Waals surface area (Å²) in [6.45, 7) is 4.33. The zero-order chi connectivity index (χ0) is 15.2. The molecule has 0 heterocycles. The number of ether oxygens (including phenoxy) is 1. The van der Waals surface area contributed by atoms with Crippen LogP contribution in [0.1, 0.15) is 25.3 Å². The van der Waals surface area contributed by atoms with E-state index in [2.05, 4.69) is 13.8 Å². The molecule has 0 saturated heterocycles. The molecule has 2 aromatic rings. The molecule has 110 valence electrons. The maximum atomic E-state index is 12.1. The Morgan fingerprint density at radius 2 is 1.67 bits per heavy atom. The van der Waals surface area contributed by atoms with Crippen molar-refractivity contribution in [2.45, 2.75) is 19.8 Å². The van der Waals surface area contributed by atoms with Gasteiger partial charge in [-0.05, 0) is 35.7 Å². The molecule has 0 saturated carbocycles. The second kappa shape index (κ2) is 6.93. The van der Waals surface area contributed by atoms with Gasteiger partial charge in [0.05, 0.1) is 0 Å². The van der Waals surface area contributed by atoms with E-state index in [1.54, 1.807) is 11.9 Å². The van der Waals surface area contributed by atoms with Gasteiger partial charge >= 0.3 is 0 Å². The van der Waals surface area contributed by atoms with E-state index in [1.165, 1.54) is 5.56 Å². The molecule has 21 heavy (non-hydrogen) atoms. The molecule has 0 N–H and O–H groups in total. The summed E-state index contributed by atoms with van der Waals surface area (Å²) in [5.74, 6) is 1.13. The molecule has 0 fully saturated rings. The van der Waals surface area contributed by atoms with Gasteiger partial charge in [-0.1, -0.05) is 44.2 Å². The second-order valence-electron chi connectivity index (χ2n) is 5.30. The van der Waals surface area contributed by atoms with Gasteiger partial charge in [0.1, 0.15) is 5.75 Å². The van der Waals surface area contributed by atoms with E-state index < -0.39 is 0 Å². The Morgan fingerprint density at radius 1 is 1.05 bits per heavy atom. The highest BCUT2D eigenvalue weighted by Crippen LogP contribution is 2.19. The van der Waals surface area contributed by atoms with E-state index in [0.29, 0.717) is 11.7 Å². The zero-order valence-corrected chi connectivity index (χ0v) is 12.7. The Hall–Kier alpha value is -2.29. The van der Waals surface area contributed by atoms with Crippen molar-refractivity contribution in [3.63, 3.8) is 0 Å². The van der Waals surface area contributed by atoms with Crippen LogP contribution in [-0.4, -0.2) is 19.6 Å². The number of likely N-dealkylation sites (N-methyl/N-ethyl adjacent to an activating group) is 1. The van der Waals surface area contributed by atoms with Crippen molar-refractivity contribution in [1.82, 2.24) is 0 Å². The van der Waals surface area contributed by atoms with Crippen molar-refractivity contribution in [3.05, 3.63) is 60.2 Å². The number of rotatable bonds is 5. The predicted octanol–water partition coefficient (Wildman–Crippen LogP) is 3.85. The van der Waals surface area contributed by atoms with Crippen LogP contribution in [0.4, 0.5) is 5.69 Å². The van der Waals surface area contributed by atoms with E-state index in [-0.39, 0.29) is 12.5 Å². The molecule has 0 aromatic heterocycles. The highest BCUT2D eigenvalue weighted by molar-refractivity contribution is 5.93. The number of para-hydroxylation sites is 1. The summed E-state index contributed by atoms with van der Waals surface area (Å²) in [7, 11) is 1.75. The number of carbonyl (C=O) groups excluding carboxylic acids is 1. The molecule has 0 aliphatic heterocycles. The Morgan fingerprint density at radius 3 is 2.24 bits per heavy atom. The largest absolute Gasteiger partial charge is 0.484 e. The minimum atomic E-state index is -0.0749. The number of hydrogen-bond donors (Lipinski definition) is 0. The lowest BCUT2D eigenvalue weighted by atomic mass is 10.0. The molecule has 3 heteroatoms. The Kier molecular flexibility index (Phi) is 4.99. The summed E-state index contributed by atoms with van der Waals surface area (Å²) in [4.78, 5) is 13.7. The third-order valence-corrected chi connectivity index (χ3v) is 3.43. The van der Waals surface area contributed by atoms with Crippen LogP contribution in [0.3, 0.4) is 0 Å². The van der Waals surface area contributed by atoms with Crippen molar-refractivity contribution < 1.29 is 9.53 Å². The summed E-state index contributed by atoms with van der Waals surface area (Å²) < 4.78 is 5.55. The second-order valence-corrected chi connectivity index (χ2v) is 5.30. The number of carbonyl (C=O) groups is 1. The van der Waals surface area contributed by atoms with Crippen molar-refractivity contribution in [2.75, 3.05) is 18.6 Å². The van der Waals surface area contributed by atoms with E-state index in [0.717, 1.165) is 5.69 Å². The van der Waals surface area contributed by atoms with Crippen molar-refractivity contribution in [2.24, 2.45) is 0 Å². The molecule has 3 nitrogen and oxygen atoms in total. The average Bonchev–Trinajstić information content (AvgIpc) is 2.53. The topological polar surface area (TPSA) is 29.5 Å². The Bertz CT molecular complexity index is 576. The van der Waals surface area contributed by atoms with Crippen molar-refractivity contribution >= 4 is 11.6 Å². The zero-order valence-electron chi connectivity index (χ0n) is 12.7. The van der Waals surface area contributed by atoms with Crippen LogP contribution < -0.4 is 9.64 Å². The van der Waals surface area contributed by atoms with Gasteiger partial charge < -0.3 is 9.64 Å². The number of nitrogens with zero attached hydrogens (tertiary/aromatic N) is 1. The molecular formula is C18H21NO2. The van der Waals surface area contributed by atoms with Crippen molar-refractivity contribution in [1.29, 1.82) is 0 Å². The molecule has 2 rings (SSSR count). The minimum absolute atomic E-state index is 0.0341. The van der Waals surface area contributed by atoms with E-state index >= 15 is 0 Å². The number of amides is 1. The van der Waals surface area contributed by atoms with Gasteiger partial charge in [-0.3, -0.25) is 4.79 Å². The highest BCUT2D eigenvalue weighted by Gasteiger charge is 2.11. The van der Waals surface area contributed by atoms with E-state index in [1.807, 2.05) is 54.6 Å². The number of benzene rings is 2. The first-order valence-electron chi connectivity index (χ1n) is 7.12. The van der Waals surface area contributed by atoms with Gasteiger partial charge in [0.25, 0.3) is 5.91 Å². The van der Waals surface area contributed by atoms with Crippen LogP contribution in [0.15, 0.2) is 54.6 Å². The first-order valence-corrected chi connectivity index (χ1v) is 7.12. The number of hydrogen-bond acceptors (Lipinski definition) is 2. The summed E-state index contributed by atoms with van der Waals surface area (Å²) >= 11 is 0. The normalized spacial score (nSPS) is 10.5. The first kappa shape index (κ1) is 15.1. The fourth-order valence-electron chi connectivity index (χ4n) is 1.99. The average molecular weight is 283 g/mol. The maximum absolute atomic E-state index is 12.1. The van der Waals surface area contributed by atoms with E-state index in [9.17, 15) is 4.79 Å².